The molecule has 0 aliphatic heterocycles. The van der Waals surface area contributed by atoms with Crippen molar-refractivity contribution in [3.8, 4) is 11.5 Å². The van der Waals surface area contributed by atoms with E-state index in [0.717, 1.165) is 11.1 Å². The van der Waals surface area contributed by atoms with Crippen LogP contribution in [0.2, 0.25) is 0 Å². The summed E-state index contributed by atoms with van der Waals surface area (Å²) < 4.78 is 24.4. The Morgan fingerprint density at radius 1 is 1.21 bits per heavy atom. The highest BCUT2D eigenvalue weighted by Crippen LogP contribution is 2.28. The van der Waals surface area contributed by atoms with E-state index in [1.165, 1.54) is 18.2 Å². The second-order valence-corrected chi connectivity index (χ2v) is 5.15. The highest BCUT2D eigenvalue weighted by atomic mass is 19.1. The van der Waals surface area contributed by atoms with E-state index in [9.17, 15) is 9.18 Å². The van der Waals surface area contributed by atoms with Crippen LogP contribution < -0.4 is 14.8 Å². The fraction of sp³-hybridized carbons (Fsp3) is 0.211. The molecule has 2 aromatic rings. The SMILES string of the molecule is CCOc1ccc(C=CC(=O)Nc2ccc(C)cc2F)cc1OC. The summed E-state index contributed by atoms with van der Waals surface area (Å²) >= 11 is 0. The van der Waals surface area contributed by atoms with Crippen LogP contribution in [0.25, 0.3) is 6.08 Å². The number of amides is 1. The standard InChI is InChI=1S/C19H20FNO3/c1-4-24-17-9-6-14(12-18(17)23-3)7-10-19(22)21-16-8-5-13(2)11-15(16)20/h5-12H,4H2,1-3H3,(H,21,22). The first-order valence-electron chi connectivity index (χ1n) is 7.59. The molecule has 5 heteroatoms. The molecule has 2 rings (SSSR count). The predicted octanol–water partition coefficient (Wildman–Crippen LogP) is 4.19. The van der Waals surface area contributed by atoms with Crippen LogP contribution in [0.1, 0.15) is 18.1 Å². The van der Waals surface area contributed by atoms with E-state index in [2.05, 4.69) is 5.32 Å². The number of carbonyl (C=O) groups excluding carboxylic acids is 1. The number of hydrogen-bond acceptors (Lipinski definition) is 3. The van der Waals surface area contributed by atoms with Crippen molar-refractivity contribution < 1.29 is 18.7 Å². The number of rotatable bonds is 6. The molecular formula is C19H20FNO3. The second kappa shape index (κ2) is 8.15. The third-order valence-electron chi connectivity index (χ3n) is 3.30. The van der Waals surface area contributed by atoms with Crippen molar-refractivity contribution in [2.24, 2.45) is 0 Å². The number of benzene rings is 2. The fourth-order valence-corrected chi connectivity index (χ4v) is 2.13. The van der Waals surface area contributed by atoms with Crippen molar-refractivity contribution in [1.29, 1.82) is 0 Å². The monoisotopic (exact) mass is 329 g/mol. The molecular weight excluding hydrogens is 309 g/mol. The van der Waals surface area contributed by atoms with E-state index in [1.54, 1.807) is 38.3 Å². The largest absolute Gasteiger partial charge is 0.493 e. The van der Waals surface area contributed by atoms with E-state index < -0.39 is 11.7 Å². The summed E-state index contributed by atoms with van der Waals surface area (Å²) in [5, 5.41) is 2.51. The normalized spacial score (nSPS) is 10.7. The van der Waals surface area contributed by atoms with E-state index in [0.29, 0.717) is 18.1 Å². The molecule has 24 heavy (non-hydrogen) atoms. The lowest BCUT2D eigenvalue weighted by Gasteiger charge is -2.09. The van der Waals surface area contributed by atoms with Gasteiger partial charge >= 0.3 is 0 Å². The lowest BCUT2D eigenvalue weighted by molar-refractivity contribution is -0.111. The fourth-order valence-electron chi connectivity index (χ4n) is 2.13. The highest BCUT2D eigenvalue weighted by molar-refractivity contribution is 6.02. The first-order valence-corrected chi connectivity index (χ1v) is 7.59. The van der Waals surface area contributed by atoms with Crippen LogP contribution >= 0.6 is 0 Å². The highest BCUT2D eigenvalue weighted by Gasteiger charge is 2.06. The third kappa shape index (κ3) is 4.59. The molecule has 0 radical (unpaired) electrons. The molecule has 1 N–H and O–H groups in total. The summed E-state index contributed by atoms with van der Waals surface area (Å²) in [6.07, 6.45) is 2.97. The zero-order chi connectivity index (χ0) is 17.5. The van der Waals surface area contributed by atoms with Gasteiger partial charge in [0.2, 0.25) is 5.91 Å². The Labute approximate surface area is 140 Å². The molecule has 0 atom stereocenters. The first kappa shape index (κ1) is 17.5. The smallest absolute Gasteiger partial charge is 0.248 e. The summed E-state index contributed by atoms with van der Waals surface area (Å²) in [5.74, 6) is 0.359. The van der Waals surface area contributed by atoms with E-state index in [1.807, 2.05) is 13.0 Å². The molecule has 4 nitrogen and oxygen atoms in total. The molecule has 2 aromatic carbocycles. The molecule has 0 saturated carbocycles. The minimum atomic E-state index is -0.459. The van der Waals surface area contributed by atoms with Crippen LogP contribution in [0.15, 0.2) is 42.5 Å². The van der Waals surface area contributed by atoms with E-state index >= 15 is 0 Å². The summed E-state index contributed by atoms with van der Waals surface area (Å²) in [5.41, 5.74) is 1.72. The molecule has 0 heterocycles. The van der Waals surface area contributed by atoms with E-state index in [-0.39, 0.29) is 5.69 Å². The van der Waals surface area contributed by atoms with Gasteiger partial charge in [-0.25, -0.2) is 4.39 Å². The van der Waals surface area contributed by atoms with Crippen LogP contribution in [0.3, 0.4) is 0 Å². The van der Waals surface area contributed by atoms with Gasteiger partial charge in [0.15, 0.2) is 11.5 Å². The van der Waals surface area contributed by atoms with Crippen molar-refractivity contribution in [3.05, 3.63) is 59.4 Å². The number of methoxy groups -OCH3 is 1. The molecule has 0 bridgehead atoms. The van der Waals surface area contributed by atoms with Gasteiger partial charge in [0.05, 0.1) is 19.4 Å². The Bertz CT molecular complexity index is 756. The molecule has 0 spiro atoms. The van der Waals surface area contributed by atoms with Crippen LogP contribution in [0.5, 0.6) is 11.5 Å². The average Bonchev–Trinajstić information content (AvgIpc) is 2.56. The number of halogens is 1. The number of anilines is 1. The minimum absolute atomic E-state index is 0.152. The van der Waals surface area contributed by atoms with Crippen LogP contribution in [0.4, 0.5) is 10.1 Å². The van der Waals surface area contributed by atoms with Crippen LogP contribution in [-0.2, 0) is 4.79 Å². The predicted molar refractivity (Wildman–Crippen MR) is 93.0 cm³/mol. The number of ether oxygens (including phenoxy) is 2. The maximum atomic E-state index is 13.7. The molecule has 0 aliphatic rings. The van der Waals surface area contributed by atoms with Crippen molar-refractivity contribution in [2.75, 3.05) is 19.0 Å². The van der Waals surface area contributed by atoms with Gasteiger partial charge in [-0.1, -0.05) is 12.1 Å². The Kier molecular flexibility index (Phi) is 5.95. The van der Waals surface area contributed by atoms with Crippen molar-refractivity contribution in [3.63, 3.8) is 0 Å². The van der Waals surface area contributed by atoms with E-state index in [4.69, 9.17) is 9.47 Å². The minimum Gasteiger partial charge on any atom is -0.493 e. The maximum Gasteiger partial charge on any atom is 0.248 e. The summed E-state index contributed by atoms with van der Waals surface area (Å²) in [6, 6.07) is 10.00. The Morgan fingerprint density at radius 3 is 2.67 bits per heavy atom. The topological polar surface area (TPSA) is 47.6 Å². The maximum absolute atomic E-state index is 13.7. The Morgan fingerprint density at radius 2 is 2.00 bits per heavy atom. The van der Waals surface area contributed by atoms with Gasteiger partial charge in [-0.15, -0.1) is 0 Å². The summed E-state index contributed by atoms with van der Waals surface area (Å²) in [6.45, 7) is 4.21. The van der Waals surface area contributed by atoms with Gasteiger partial charge < -0.3 is 14.8 Å². The number of hydrogen-bond donors (Lipinski definition) is 1. The van der Waals surface area contributed by atoms with Crippen molar-refractivity contribution >= 4 is 17.7 Å². The number of nitrogens with one attached hydrogen (secondary N) is 1. The molecule has 0 unspecified atom stereocenters. The zero-order valence-electron chi connectivity index (χ0n) is 13.9. The molecule has 0 aliphatic carbocycles. The molecule has 126 valence electrons. The van der Waals surface area contributed by atoms with Crippen LogP contribution in [0, 0.1) is 12.7 Å². The van der Waals surface area contributed by atoms with Gasteiger partial charge in [-0.2, -0.15) is 0 Å². The lowest BCUT2D eigenvalue weighted by Crippen LogP contribution is -2.09. The summed E-state index contributed by atoms with van der Waals surface area (Å²) in [4.78, 5) is 11.9. The van der Waals surface area contributed by atoms with Gasteiger partial charge in [0.25, 0.3) is 0 Å². The van der Waals surface area contributed by atoms with Gasteiger partial charge in [0, 0.05) is 6.08 Å². The third-order valence-corrected chi connectivity index (χ3v) is 3.30. The summed E-state index contributed by atoms with van der Waals surface area (Å²) in [7, 11) is 1.55. The van der Waals surface area contributed by atoms with Crippen molar-refractivity contribution in [1.82, 2.24) is 0 Å². The molecule has 1 amide bonds. The van der Waals surface area contributed by atoms with Crippen molar-refractivity contribution in [2.45, 2.75) is 13.8 Å². The quantitative estimate of drug-likeness (QED) is 0.808. The Balaban J connectivity index is 2.08. The van der Waals surface area contributed by atoms with Gasteiger partial charge in [-0.3, -0.25) is 4.79 Å². The molecule has 0 saturated heterocycles. The Hall–Kier alpha value is -2.82. The second-order valence-electron chi connectivity index (χ2n) is 5.15. The lowest BCUT2D eigenvalue weighted by atomic mass is 10.2. The van der Waals surface area contributed by atoms with Crippen LogP contribution in [-0.4, -0.2) is 19.6 Å². The number of carbonyl (C=O) groups is 1. The first-order chi connectivity index (χ1) is 11.5. The number of aryl methyl sites for hydroxylation is 1. The molecule has 0 aromatic heterocycles. The average molecular weight is 329 g/mol. The van der Waals surface area contributed by atoms with Gasteiger partial charge in [-0.05, 0) is 55.3 Å². The molecule has 0 fully saturated rings. The zero-order valence-corrected chi connectivity index (χ0v) is 13.9. The van der Waals surface area contributed by atoms with Gasteiger partial charge in [0.1, 0.15) is 5.82 Å².